The quantitative estimate of drug-likeness (QED) is 0.888. The van der Waals surface area contributed by atoms with Crippen molar-refractivity contribution in [2.45, 2.75) is 36.9 Å². The largest absolute Gasteiger partial charge is 0.385 e. The van der Waals surface area contributed by atoms with E-state index in [0.717, 1.165) is 36.8 Å². The number of aliphatic hydroxyl groups is 2. The summed E-state index contributed by atoms with van der Waals surface area (Å²) in [4.78, 5) is 0. The molecule has 0 amide bonds. The smallest absolute Gasteiger partial charge is 0.0928 e. The van der Waals surface area contributed by atoms with Gasteiger partial charge in [0.25, 0.3) is 0 Å². The highest BCUT2D eigenvalue weighted by Crippen LogP contribution is 2.60. The Morgan fingerprint density at radius 1 is 0.636 bits per heavy atom. The molecule has 2 aromatic carbocycles. The zero-order valence-corrected chi connectivity index (χ0v) is 12.7. The molecule has 0 radical (unpaired) electrons. The van der Waals surface area contributed by atoms with Gasteiger partial charge in [-0.1, -0.05) is 60.7 Å². The van der Waals surface area contributed by atoms with Crippen LogP contribution >= 0.6 is 0 Å². The van der Waals surface area contributed by atoms with Crippen LogP contribution in [0, 0.1) is 11.8 Å². The van der Waals surface area contributed by atoms with Crippen molar-refractivity contribution in [1.82, 2.24) is 0 Å². The predicted octanol–water partition coefficient (Wildman–Crippen LogP) is 3.58. The minimum atomic E-state index is -0.787. The fraction of sp³-hybridized carbons (Fsp3) is 0.400. The Hall–Kier alpha value is -1.64. The van der Waals surface area contributed by atoms with E-state index in [2.05, 4.69) is 0 Å². The highest BCUT2D eigenvalue weighted by molar-refractivity contribution is 5.31. The molecule has 4 rings (SSSR count). The number of hydrogen-bond donors (Lipinski definition) is 2. The van der Waals surface area contributed by atoms with Crippen molar-refractivity contribution in [2.24, 2.45) is 11.8 Å². The van der Waals surface area contributed by atoms with Gasteiger partial charge in [0.2, 0.25) is 0 Å². The molecule has 2 saturated carbocycles. The van der Waals surface area contributed by atoms with Crippen molar-refractivity contribution < 1.29 is 10.2 Å². The first kappa shape index (κ1) is 14.0. The van der Waals surface area contributed by atoms with Crippen LogP contribution in [-0.4, -0.2) is 10.2 Å². The third-order valence-corrected chi connectivity index (χ3v) is 5.93. The Morgan fingerprint density at radius 3 is 1.36 bits per heavy atom. The molecule has 2 fully saturated rings. The first-order valence-electron chi connectivity index (χ1n) is 8.20. The van der Waals surface area contributed by atoms with Crippen molar-refractivity contribution in [3.8, 4) is 0 Å². The lowest BCUT2D eigenvalue weighted by Crippen LogP contribution is -2.35. The Labute approximate surface area is 131 Å². The van der Waals surface area contributed by atoms with E-state index in [-0.39, 0.29) is 11.8 Å². The second-order valence-electron chi connectivity index (χ2n) is 6.87. The van der Waals surface area contributed by atoms with Crippen molar-refractivity contribution in [2.75, 3.05) is 0 Å². The van der Waals surface area contributed by atoms with Gasteiger partial charge in [-0.2, -0.15) is 0 Å². The van der Waals surface area contributed by atoms with Gasteiger partial charge in [0.1, 0.15) is 0 Å². The average Bonchev–Trinajstić information content (AvgIpc) is 3.10. The van der Waals surface area contributed by atoms with Gasteiger partial charge in [0, 0.05) is 0 Å². The van der Waals surface area contributed by atoms with Gasteiger partial charge in [-0.15, -0.1) is 0 Å². The summed E-state index contributed by atoms with van der Waals surface area (Å²) in [5, 5.41) is 22.6. The standard InChI is InChI=1S/C20H22O2/c21-19(15-7-3-1-4-8-15)13-11-18-17(19)12-14-20(18,22)16-9-5-2-6-10-16/h1-10,17-18,21-22H,11-14H2. The maximum Gasteiger partial charge on any atom is 0.0928 e. The number of hydrogen-bond acceptors (Lipinski definition) is 2. The Kier molecular flexibility index (Phi) is 3.14. The zero-order valence-electron chi connectivity index (χ0n) is 12.7. The van der Waals surface area contributed by atoms with Crippen LogP contribution in [0.4, 0.5) is 0 Å². The molecule has 2 heteroatoms. The third kappa shape index (κ3) is 1.87. The maximum absolute atomic E-state index is 11.3. The molecule has 4 atom stereocenters. The Morgan fingerprint density at radius 2 is 1.00 bits per heavy atom. The maximum atomic E-state index is 11.3. The summed E-state index contributed by atoms with van der Waals surface area (Å²) in [5.74, 6) is 0.278. The Bertz CT molecular complexity index is 594. The van der Waals surface area contributed by atoms with Gasteiger partial charge in [0.05, 0.1) is 11.2 Å². The zero-order chi connectivity index (χ0) is 15.2. The van der Waals surface area contributed by atoms with Crippen molar-refractivity contribution >= 4 is 0 Å². The van der Waals surface area contributed by atoms with E-state index in [1.165, 1.54) is 0 Å². The molecule has 0 saturated heterocycles. The van der Waals surface area contributed by atoms with Crippen LogP contribution in [-0.2, 0) is 11.2 Å². The lowest BCUT2D eigenvalue weighted by atomic mass is 9.78. The number of fused-ring (bicyclic) bond motifs is 1. The highest BCUT2D eigenvalue weighted by atomic mass is 16.3. The topological polar surface area (TPSA) is 40.5 Å². The van der Waals surface area contributed by atoms with Gasteiger partial charge in [-0.05, 0) is 48.6 Å². The number of benzene rings is 2. The molecule has 0 spiro atoms. The van der Waals surface area contributed by atoms with Crippen LogP contribution in [0.2, 0.25) is 0 Å². The molecule has 0 bridgehead atoms. The van der Waals surface area contributed by atoms with Gasteiger partial charge in [0.15, 0.2) is 0 Å². The fourth-order valence-electron chi connectivity index (χ4n) is 4.84. The van der Waals surface area contributed by atoms with Crippen LogP contribution in [0.3, 0.4) is 0 Å². The molecule has 22 heavy (non-hydrogen) atoms. The summed E-state index contributed by atoms with van der Waals surface area (Å²) < 4.78 is 0. The molecule has 0 aliphatic heterocycles. The molecule has 2 aliphatic carbocycles. The molecular weight excluding hydrogens is 272 g/mol. The summed E-state index contributed by atoms with van der Waals surface area (Å²) in [6.45, 7) is 0. The minimum absolute atomic E-state index is 0.139. The minimum Gasteiger partial charge on any atom is -0.385 e. The van der Waals surface area contributed by atoms with E-state index in [9.17, 15) is 10.2 Å². The second kappa shape index (κ2) is 4.94. The van der Waals surface area contributed by atoms with Crippen molar-refractivity contribution in [3.05, 3.63) is 71.8 Å². The summed E-state index contributed by atoms with van der Waals surface area (Å²) in [6.07, 6.45) is 3.23. The van der Waals surface area contributed by atoms with E-state index in [1.807, 2.05) is 60.7 Å². The van der Waals surface area contributed by atoms with E-state index >= 15 is 0 Å². The first-order chi connectivity index (χ1) is 10.6. The molecule has 2 N–H and O–H groups in total. The summed E-state index contributed by atoms with van der Waals surface area (Å²) >= 11 is 0. The van der Waals surface area contributed by atoms with E-state index in [4.69, 9.17) is 0 Å². The van der Waals surface area contributed by atoms with Gasteiger partial charge in [-0.3, -0.25) is 0 Å². The van der Waals surface area contributed by atoms with E-state index in [1.54, 1.807) is 0 Å². The lowest BCUT2D eigenvalue weighted by Gasteiger charge is -2.33. The lowest BCUT2D eigenvalue weighted by molar-refractivity contribution is -0.0357. The van der Waals surface area contributed by atoms with Gasteiger partial charge < -0.3 is 10.2 Å². The molecule has 4 unspecified atom stereocenters. The molecule has 2 nitrogen and oxygen atoms in total. The number of rotatable bonds is 2. The SMILES string of the molecule is OC1(c2ccccc2)CCC2C1CCC2(O)c1ccccc1. The molecule has 0 aromatic heterocycles. The van der Waals surface area contributed by atoms with Crippen LogP contribution in [0.15, 0.2) is 60.7 Å². The fourth-order valence-corrected chi connectivity index (χ4v) is 4.84. The summed E-state index contributed by atoms with van der Waals surface area (Å²) in [6, 6.07) is 20.0. The van der Waals surface area contributed by atoms with Gasteiger partial charge >= 0.3 is 0 Å². The molecule has 0 heterocycles. The molecule has 114 valence electrons. The van der Waals surface area contributed by atoms with Crippen LogP contribution in [0.25, 0.3) is 0 Å². The van der Waals surface area contributed by atoms with E-state index in [0.29, 0.717) is 0 Å². The third-order valence-electron chi connectivity index (χ3n) is 5.93. The van der Waals surface area contributed by atoms with E-state index < -0.39 is 11.2 Å². The molecule has 2 aliphatic rings. The summed E-state index contributed by atoms with van der Waals surface area (Å²) in [7, 11) is 0. The Balaban J connectivity index is 1.70. The van der Waals surface area contributed by atoms with Crippen LogP contribution in [0.5, 0.6) is 0 Å². The van der Waals surface area contributed by atoms with Crippen LogP contribution in [0.1, 0.15) is 36.8 Å². The second-order valence-corrected chi connectivity index (χ2v) is 6.87. The highest BCUT2D eigenvalue weighted by Gasteiger charge is 2.59. The predicted molar refractivity (Wildman–Crippen MR) is 86.1 cm³/mol. The van der Waals surface area contributed by atoms with Crippen LogP contribution < -0.4 is 0 Å². The first-order valence-corrected chi connectivity index (χ1v) is 8.20. The van der Waals surface area contributed by atoms with Crippen molar-refractivity contribution in [3.63, 3.8) is 0 Å². The van der Waals surface area contributed by atoms with Crippen molar-refractivity contribution in [1.29, 1.82) is 0 Å². The normalized spacial score (nSPS) is 37.2. The van der Waals surface area contributed by atoms with Gasteiger partial charge in [-0.25, -0.2) is 0 Å². The molecular formula is C20H22O2. The molecule has 2 aromatic rings. The monoisotopic (exact) mass is 294 g/mol. The summed E-state index contributed by atoms with van der Waals surface area (Å²) in [5.41, 5.74) is 0.427. The average molecular weight is 294 g/mol.